The Kier molecular flexibility index (Phi) is 8.53. The van der Waals surface area contributed by atoms with E-state index >= 15 is 0 Å². The molecule has 0 spiro atoms. The van der Waals surface area contributed by atoms with Crippen LogP contribution in [0.4, 0.5) is 4.39 Å². The van der Waals surface area contributed by atoms with E-state index in [-0.39, 0.29) is 24.8 Å². The summed E-state index contributed by atoms with van der Waals surface area (Å²) in [6.45, 7) is 1.01. The number of hydrogen-bond acceptors (Lipinski definition) is 2. The first kappa shape index (κ1) is 22.6. The second-order valence-corrected chi connectivity index (χ2v) is 8.07. The van der Waals surface area contributed by atoms with Crippen LogP contribution in [0.15, 0.2) is 60.7 Å². The number of fused-ring (bicyclic) bond motifs is 1. The molecule has 0 atom stereocenters. The van der Waals surface area contributed by atoms with E-state index in [1.165, 1.54) is 67.3 Å². The maximum absolute atomic E-state index is 14.0. The van der Waals surface area contributed by atoms with Gasteiger partial charge in [0.15, 0.2) is 0 Å². The number of nitrogens with one attached hydrogen (secondary N) is 1. The van der Waals surface area contributed by atoms with E-state index in [2.05, 4.69) is 35.6 Å². The Labute approximate surface area is 185 Å². The second-order valence-electron chi connectivity index (χ2n) is 8.07. The molecule has 160 valence electrons. The summed E-state index contributed by atoms with van der Waals surface area (Å²) in [6, 6.07) is 19.9. The van der Waals surface area contributed by atoms with Gasteiger partial charge in [0.25, 0.3) is 0 Å². The SMILES string of the molecule is Cl.Fc1ccccc1COc1ccc2ccccc2c1CNC1CCCCCCC1. The monoisotopic (exact) mass is 427 g/mol. The highest BCUT2D eigenvalue weighted by atomic mass is 35.5. The molecule has 1 saturated carbocycles. The summed E-state index contributed by atoms with van der Waals surface area (Å²) < 4.78 is 20.1. The summed E-state index contributed by atoms with van der Waals surface area (Å²) in [4.78, 5) is 0. The zero-order valence-electron chi connectivity index (χ0n) is 17.4. The van der Waals surface area contributed by atoms with Gasteiger partial charge >= 0.3 is 0 Å². The molecule has 3 aromatic carbocycles. The molecule has 2 nitrogen and oxygen atoms in total. The number of ether oxygens (including phenoxy) is 1. The van der Waals surface area contributed by atoms with E-state index in [9.17, 15) is 4.39 Å². The molecule has 0 amide bonds. The molecule has 3 aromatic rings. The Morgan fingerprint density at radius 1 is 0.833 bits per heavy atom. The number of rotatable bonds is 6. The van der Waals surface area contributed by atoms with E-state index < -0.39 is 0 Å². The maximum Gasteiger partial charge on any atom is 0.129 e. The third kappa shape index (κ3) is 5.74. The first-order valence-corrected chi connectivity index (χ1v) is 10.9. The lowest BCUT2D eigenvalue weighted by Gasteiger charge is -2.22. The summed E-state index contributed by atoms with van der Waals surface area (Å²) in [5.74, 6) is 0.618. The van der Waals surface area contributed by atoms with Crippen molar-refractivity contribution in [3.8, 4) is 5.75 Å². The van der Waals surface area contributed by atoms with Gasteiger partial charge in [-0.15, -0.1) is 12.4 Å². The third-order valence-electron chi connectivity index (χ3n) is 6.01. The van der Waals surface area contributed by atoms with E-state index in [1.807, 2.05) is 12.1 Å². The zero-order chi connectivity index (χ0) is 19.9. The molecule has 30 heavy (non-hydrogen) atoms. The molecule has 0 aliphatic heterocycles. The van der Waals surface area contributed by atoms with Crippen molar-refractivity contribution in [2.24, 2.45) is 0 Å². The molecule has 1 N–H and O–H groups in total. The van der Waals surface area contributed by atoms with Gasteiger partial charge < -0.3 is 10.1 Å². The molecular formula is C26H31ClFNO. The van der Waals surface area contributed by atoms with Crippen LogP contribution in [0.1, 0.15) is 56.1 Å². The second kappa shape index (κ2) is 11.3. The van der Waals surface area contributed by atoms with Gasteiger partial charge in [0, 0.05) is 23.7 Å². The molecule has 0 aromatic heterocycles. The first-order valence-electron chi connectivity index (χ1n) is 10.9. The average Bonchev–Trinajstić information content (AvgIpc) is 2.73. The Morgan fingerprint density at radius 3 is 2.33 bits per heavy atom. The van der Waals surface area contributed by atoms with Gasteiger partial charge in [-0.05, 0) is 35.7 Å². The minimum Gasteiger partial charge on any atom is -0.488 e. The van der Waals surface area contributed by atoms with Crippen LogP contribution in [0.2, 0.25) is 0 Å². The van der Waals surface area contributed by atoms with Gasteiger partial charge in [0.2, 0.25) is 0 Å². The van der Waals surface area contributed by atoms with Crippen LogP contribution in [0.5, 0.6) is 5.75 Å². The Bertz CT molecular complexity index is 937. The summed E-state index contributed by atoms with van der Waals surface area (Å²) in [6.07, 6.45) is 9.19. The fraction of sp³-hybridized carbons (Fsp3) is 0.385. The van der Waals surface area contributed by atoms with Crippen molar-refractivity contribution in [3.63, 3.8) is 0 Å². The lowest BCUT2D eigenvalue weighted by molar-refractivity contribution is 0.295. The predicted octanol–water partition coefficient (Wildman–Crippen LogP) is 7.18. The van der Waals surface area contributed by atoms with Crippen LogP contribution in [0, 0.1) is 5.82 Å². The van der Waals surface area contributed by atoms with Gasteiger partial charge in [0.05, 0.1) is 0 Å². The third-order valence-corrected chi connectivity index (χ3v) is 6.01. The van der Waals surface area contributed by atoms with Gasteiger partial charge in [-0.3, -0.25) is 0 Å². The van der Waals surface area contributed by atoms with Crippen molar-refractivity contribution in [1.82, 2.24) is 5.32 Å². The van der Waals surface area contributed by atoms with Gasteiger partial charge in [0.1, 0.15) is 18.2 Å². The lowest BCUT2D eigenvalue weighted by atomic mass is 9.96. The van der Waals surface area contributed by atoms with Crippen LogP contribution in [-0.4, -0.2) is 6.04 Å². The molecule has 1 aliphatic rings. The van der Waals surface area contributed by atoms with Crippen molar-refractivity contribution in [1.29, 1.82) is 0 Å². The molecule has 0 saturated heterocycles. The van der Waals surface area contributed by atoms with Gasteiger partial charge in [-0.1, -0.05) is 80.6 Å². The van der Waals surface area contributed by atoms with Gasteiger partial charge in [-0.2, -0.15) is 0 Å². The molecule has 1 aliphatic carbocycles. The average molecular weight is 428 g/mol. The Balaban J connectivity index is 0.00000256. The Morgan fingerprint density at radius 2 is 1.53 bits per heavy atom. The van der Waals surface area contributed by atoms with Crippen LogP contribution in [0.25, 0.3) is 10.8 Å². The standard InChI is InChI=1S/C26H30FNO.ClH/c27-25-15-9-7-11-21(25)19-29-26-17-16-20-10-6-8-14-23(20)24(26)18-28-22-12-4-2-1-3-5-13-22;/h6-11,14-17,22,28H,1-5,12-13,18-19H2;1H. The fourth-order valence-electron chi connectivity index (χ4n) is 4.31. The minimum atomic E-state index is -0.220. The fourth-order valence-corrected chi connectivity index (χ4v) is 4.31. The van der Waals surface area contributed by atoms with Crippen molar-refractivity contribution < 1.29 is 9.13 Å². The van der Waals surface area contributed by atoms with E-state index in [0.717, 1.165) is 12.3 Å². The molecule has 0 heterocycles. The first-order chi connectivity index (χ1) is 14.3. The largest absolute Gasteiger partial charge is 0.488 e. The van der Waals surface area contributed by atoms with E-state index in [0.29, 0.717) is 11.6 Å². The highest BCUT2D eigenvalue weighted by Gasteiger charge is 2.14. The summed E-state index contributed by atoms with van der Waals surface area (Å²) >= 11 is 0. The molecule has 1 fully saturated rings. The Hall–Kier alpha value is -2.10. The van der Waals surface area contributed by atoms with Crippen LogP contribution < -0.4 is 10.1 Å². The minimum absolute atomic E-state index is 0. The topological polar surface area (TPSA) is 21.3 Å². The maximum atomic E-state index is 14.0. The molecular weight excluding hydrogens is 397 g/mol. The molecule has 4 rings (SSSR count). The normalized spacial score (nSPS) is 15.2. The quantitative estimate of drug-likeness (QED) is 0.449. The molecule has 0 bridgehead atoms. The molecule has 0 unspecified atom stereocenters. The highest BCUT2D eigenvalue weighted by molar-refractivity contribution is 5.87. The van der Waals surface area contributed by atoms with Crippen LogP contribution in [-0.2, 0) is 13.2 Å². The number of hydrogen-bond donors (Lipinski definition) is 1. The number of halogens is 2. The zero-order valence-corrected chi connectivity index (χ0v) is 18.2. The predicted molar refractivity (Wildman–Crippen MR) is 125 cm³/mol. The smallest absolute Gasteiger partial charge is 0.129 e. The van der Waals surface area contributed by atoms with E-state index in [4.69, 9.17) is 4.74 Å². The van der Waals surface area contributed by atoms with Crippen LogP contribution >= 0.6 is 12.4 Å². The van der Waals surface area contributed by atoms with Crippen molar-refractivity contribution in [2.45, 2.75) is 64.1 Å². The van der Waals surface area contributed by atoms with Crippen molar-refractivity contribution in [2.75, 3.05) is 0 Å². The van der Waals surface area contributed by atoms with Gasteiger partial charge in [-0.25, -0.2) is 4.39 Å². The van der Waals surface area contributed by atoms with Crippen molar-refractivity contribution >= 4 is 23.2 Å². The molecule has 4 heteroatoms. The summed E-state index contributed by atoms with van der Waals surface area (Å²) in [7, 11) is 0. The summed E-state index contributed by atoms with van der Waals surface area (Å²) in [5, 5.41) is 6.21. The van der Waals surface area contributed by atoms with Crippen LogP contribution in [0.3, 0.4) is 0 Å². The lowest BCUT2D eigenvalue weighted by Crippen LogP contribution is -2.29. The van der Waals surface area contributed by atoms with Crippen molar-refractivity contribution in [3.05, 3.63) is 77.6 Å². The van der Waals surface area contributed by atoms with E-state index in [1.54, 1.807) is 12.1 Å². The number of benzene rings is 3. The highest BCUT2D eigenvalue weighted by Crippen LogP contribution is 2.29. The summed E-state index contributed by atoms with van der Waals surface area (Å²) in [5.41, 5.74) is 1.75. The molecule has 0 radical (unpaired) electrons.